The van der Waals surface area contributed by atoms with Gasteiger partial charge in [-0.3, -0.25) is 15.6 Å². The number of pyridine rings is 1. The summed E-state index contributed by atoms with van der Waals surface area (Å²) < 4.78 is 0. The SMILES string of the molecule is CSCC(C)N(C)C(=O)c1cc(NN)ccn1. The number of aromatic nitrogens is 1. The summed E-state index contributed by atoms with van der Waals surface area (Å²) in [4.78, 5) is 17.9. The molecule has 0 aromatic carbocycles. The molecule has 6 heteroatoms. The zero-order chi connectivity index (χ0) is 12.8. The fourth-order valence-electron chi connectivity index (χ4n) is 1.37. The first-order valence-electron chi connectivity index (χ1n) is 5.29. The lowest BCUT2D eigenvalue weighted by Crippen LogP contribution is -2.37. The molecule has 94 valence electrons. The maximum Gasteiger partial charge on any atom is 0.272 e. The highest BCUT2D eigenvalue weighted by molar-refractivity contribution is 7.98. The minimum Gasteiger partial charge on any atom is -0.337 e. The molecule has 0 aliphatic carbocycles. The van der Waals surface area contributed by atoms with Crippen molar-refractivity contribution in [2.24, 2.45) is 5.84 Å². The molecule has 0 aliphatic rings. The number of hydrazine groups is 1. The van der Waals surface area contributed by atoms with Crippen molar-refractivity contribution in [2.75, 3.05) is 24.5 Å². The maximum atomic E-state index is 12.1. The Kier molecular flexibility index (Phi) is 5.24. The van der Waals surface area contributed by atoms with Gasteiger partial charge in [-0.25, -0.2) is 0 Å². The standard InChI is InChI=1S/C11H18N4OS/c1-8(7-17-3)15(2)11(16)10-6-9(14-12)4-5-13-10/h4-6,8H,7,12H2,1-3H3,(H,13,14). The lowest BCUT2D eigenvalue weighted by atomic mass is 10.2. The number of amides is 1. The van der Waals surface area contributed by atoms with E-state index < -0.39 is 0 Å². The zero-order valence-electron chi connectivity index (χ0n) is 10.3. The molecule has 1 unspecified atom stereocenters. The highest BCUT2D eigenvalue weighted by Crippen LogP contribution is 2.11. The molecule has 0 bridgehead atoms. The highest BCUT2D eigenvalue weighted by Gasteiger charge is 2.18. The van der Waals surface area contributed by atoms with Crippen LogP contribution in [0.15, 0.2) is 18.3 Å². The number of nitrogens with one attached hydrogen (secondary N) is 1. The maximum absolute atomic E-state index is 12.1. The Morgan fingerprint density at radius 2 is 2.41 bits per heavy atom. The number of hydrogen-bond acceptors (Lipinski definition) is 5. The van der Waals surface area contributed by atoms with Crippen molar-refractivity contribution in [3.05, 3.63) is 24.0 Å². The molecular weight excluding hydrogens is 236 g/mol. The molecule has 1 heterocycles. The van der Waals surface area contributed by atoms with Crippen LogP contribution in [-0.2, 0) is 0 Å². The van der Waals surface area contributed by atoms with Crippen LogP contribution in [0.3, 0.4) is 0 Å². The monoisotopic (exact) mass is 254 g/mol. The quantitative estimate of drug-likeness (QED) is 0.610. The first-order valence-corrected chi connectivity index (χ1v) is 6.68. The van der Waals surface area contributed by atoms with Crippen LogP contribution in [0.25, 0.3) is 0 Å². The predicted molar refractivity (Wildman–Crippen MR) is 72.0 cm³/mol. The number of thioether (sulfide) groups is 1. The van der Waals surface area contributed by atoms with E-state index >= 15 is 0 Å². The molecular formula is C11H18N4OS. The van der Waals surface area contributed by atoms with Gasteiger partial charge in [0.25, 0.3) is 5.91 Å². The van der Waals surface area contributed by atoms with Crippen molar-refractivity contribution in [3.8, 4) is 0 Å². The van der Waals surface area contributed by atoms with E-state index in [4.69, 9.17) is 5.84 Å². The molecule has 1 amide bonds. The van der Waals surface area contributed by atoms with Gasteiger partial charge in [0.05, 0.1) is 5.69 Å². The summed E-state index contributed by atoms with van der Waals surface area (Å²) in [7, 11) is 1.79. The molecule has 0 radical (unpaired) electrons. The molecule has 0 saturated carbocycles. The molecule has 17 heavy (non-hydrogen) atoms. The van der Waals surface area contributed by atoms with Crippen LogP contribution in [0.2, 0.25) is 0 Å². The second kappa shape index (κ2) is 6.46. The highest BCUT2D eigenvalue weighted by atomic mass is 32.2. The first kappa shape index (κ1) is 13.8. The zero-order valence-corrected chi connectivity index (χ0v) is 11.1. The Morgan fingerprint density at radius 3 is 3.00 bits per heavy atom. The number of carbonyl (C=O) groups is 1. The minimum atomic E-state index is -0.0938. The third-order valence-electron chi connectivity index (χ3n) is 2.54. The van der Waals surface area contributed by atoms with E-state index in [-0.39, 0.29) is 11.9 Å². The number of carbonyl (C=O) groups excluding carboxylic acids is 1. The average Bonchev–Trinajstić information content (AvgIpc) is 2.37. The number of hydrogen-bond donors (Lipinski definition) is 2. The van der Waals surface area contributed by atoms with Gasteiger partial charge in [0.2, 0.25) is 0 Å². The van der Waals surface area contributed by atoms with Crippen LogP contribution in [0.1, 0.15) is 17.4 Å². The Balaban J connectivity index is 2.80. The minimum absolute atomic E-state index is 0.0938. The molecule has 3 N–H and O–H groups in total. The van der Waals surface area contributed by atoms with Gasteiger partial charge in [-0.2, -0.15) is 11.8 Å². The molecule has 1 atom stereocenters. The predicted octanol–water partition coefficient (Wildman–Crippen LogP) is 1.19. The van der Waals surface area contributed by atoms with Gasteiger partial charge >= 0.3 is 0 Å². The molecule has 0 fully saturated rings. The van der Waals surface area contributed by atoms with Crippen molar-refractivity contribution in [2.45, 2.75) is 13.0 Å². The van der Waals surface area contributed by atoms with E-state index in [9.17, 15) is 4.79 Å². The average molecular weight is 254 g/mol. The van der Waals surface area contributed by atoms with Gasteiger partial charge in [0.1, 0.15) is 5.69 Å². The molecule has 5 nitrogen and oxygen atoms in total. The lowest BCUT2D eigenvalue weighted by molar-refractivity contribution is 0.0751. The molecule has 0 aliphatic heterocycles. The number of nitrogens with two attached hydrogens (primary N) is 1. The number of nitrogen functional groups attached to an aromatic ring is 1. The normalized spacial score (nSPS) is 12.0. The summed E-state index contributed by atoms with van der Waals surface area (Å²) in [5.74, 6) is 6.10. The largest absolute Gasteiger partial charge is 0.337 e. The molecule has 1 rings (SSSR count). The number of anilines is 1. The number of rotatable bonds is 5. The summed E-state index contributed by atoms with van der Waals surface area (Å²) in [5, 5.41) is 0. The summed E-state index contributed by atoms with van der Waals surface area (Å²) in [6, 6.07) is 3.53. The van der Waals surface area contributed by atoms with Crippen LogP contribution >= 0.6 is 11.8 Å². The van der Waals surface area contributed by atoms with Gasteiger partial charge in [-0.05, 0) is 25.3 Å². The van der Waals surface area contributed by atoms with Crippen molar-refractivity contribution in [3.63, 3.8) is 0 Å². The fraction of sp³-hybridized carbons (Fsp3) is 0.455. The van der Waals surface area contributed by atoms with E-state index in [1.807, 2.05) is 13.2 Å². The molecule has 0 spiro atoms. The van der Waals surface area contributed by atoms with Crippen LogP contribution in [-0.4, -0.2) is 40.9 Å². The second-order valence-electron chi connectivity index (χ2n) is 3.79. The summed E-state index contributed by atoms with van der Waals surface area (Å²) in [6.45, 7) is 2.01. The van der Waals surface area contributed by atoms with Crippen LogP contribution < -0.4 is 11.3 Å². The van der Waals surface area contributed by atoms with Crippen molar-refractivity contribution in [1.29, 1.82) is 0 Å². The van der Waals surface area contributed by atoms with Crippen LogP contribution in [0.5, 0.6) is 0 Å². The smallest absolute Gasteiger partial charge is 0.272 e. The Hall–Kier alpha value is -1.27. The van der Waals surface area contributed by atoms with E-state index in [2.05, 4.69) is 10.4 Å². The van der Waals surface area contributed by atoms with Gasteiger partial charge in [-0.15, -0.1) is 0 Å². The van der Waals surface area contributed by atoms with E-state index in [0.717, 1.165) is 5.75 Å². The summed E-state index contributed by atoms with van der Waals surface area (Å²) in [5.41, 5.74) is 3.57. The first-order chi connectivity index (χ1) is 8.10. The van der Waals surface area contributed by atoms with Gasteiger partial charge < -0.3 is 10.3 Å². The summed E-state index contributed by atoms with van der Waals surface area (Å²) in [6.07, 6.45) is 3.58. The third-order valence-corrected chi connectivity index (χ3v) is 3.35. The molecule has 0 saturated heterocycles. The Labute approximate surface area is 106 Å². The number of nitrogens with zero attached hydrogens (tertiary/aromatic N) is 2. The molecule has 1 aromatic heterocycles. The summed E-state index contributed by atoms with van der Waals surface area (Å²) >= 11 is 1.71. The van der Waals surface area contributed by atoms with E-state index in [1.54, 1.807) is 42.0 Å². The lowest BCUT2D eigenvalue weighted by Gasteiger charge is -2.24. The van der Waals surface area contributed by atoms with Crippen LogP contribution in [0, 0.1) is 0 Å². The van der Waals surface area contributed by atoms with Crippen molar-refractivity contribution >= 4 is 23.4 Å². The second-order valence-corrected chi connectivity index (χ2v) is 4.71. The topological polar surface area (TPSA) is 71.2 Å². The van der Waals surface area contributed by atoms with Crippen molar-refractivity contribution in [1.82, 2.24) is 9.88 Å². The van der Waals surface area contributed by atoms with E-state index in [1.165, 1.54) is 0 Å². The van der Waals surface area contributed by atoms with Gasteiger partial charge in [0, 0.05) is 25.0 Å². The van der Waals surface area contributed by atoms with Crippen LogP contribution in [0.4, 0.5) is 5.69 Å². The Bertz CT molecular complexity index is 385. The Morgan fingerprint density at radius 1 is 1.71 bits per heavy atom. The van der Waals surface area contributed by atoms with E-state index in [0.29, 0.717) is 11.4 Å². The molecule has 1 aromatic rings. The van der Waals surface area contributed by atoms with Gasteiger partial charge in [0.15, 0.2) is 0 Å². The van der Waals surface area contributed by atoms with Gasteiger partial charge in [-0.1, -0.05) is 0 Å². The fourth-order valence-corrected chi connectivity index (χ4v) is 2.08. The third kappa shape index (κ3) is 3.61. The van der Waals surface area contributed by atoms with Crippen molar-refractivity contribution < 1.29 is 4.79 Å².